The number of aliphatic hydroxyl groups is 1. The van der Waals surface area contributed by atoms with Crippen molar-refractivity contribution in [2.75, 3.05) is 0 Å². The number of nitrogens with one attached hydrogen (secondary N) is 1. The summed E-state index contributed by atoms with van der Waals surface area (Å²) in [5.41, 5.74) is 9.73. The molecule has 0 bridgehead atoms. The fraction of sp³-hybridized carbons (Fsp3) is 0.750. The summed E-state index contributed by atoms with van der Waals surface area (Å²) in [6.45, 7) is 1.28. The van der Waals surface area contributed by atoms with Crippen molar-refractivity contribution in [2.24, 2.45) is 5.22 Å². The van der Waals surface area contributed by atoms with Crippen molar-refractivity contribution in [3.05, 3.63) is 10.4 Å². The Kier molecular flexibility index (Phi) is 3.79. The van der Waals surface area contributed by atoms with Gasteiger partial charge in [0.1, 0.15) is 6.10 Å². The summed E-state index contributed by atoms with van der Waals surface area (Å²) in [6, 6.07) is -1.26. The van der Waals surface area contributed by atoms with E-state index in [1.807, 2.05) is 5.43 Å². The van der Waals surface area contributed by atoms with Gasteiger partial charge >= 0.3 is 5.97 Å². The molecule has 0 aliphatic carbocycles. The fourth-order valence-corrected chi connectivity index (χ4v) is 0.457. The second kappa shape index (κ2) is 4.37. The van der Waals surface area contributed by atoms with Gasteiger partial charge in [0, 0.05) is 0 Å². The van der Waals surface area contributed by atoms with Gasteiger partial charge < -0.3 is 10.2 Å². The number of carboxylic acid groups (broad SMARTS) is 1. The first-order valence-electron chi connectivity index (χ1n) is 2.80. The van der Waals surface area contributed by atoms with Gasteiger partial charge in [-0.1, -0.05) is 0 Å². The van der Waals surface area contributed by atoms with Crippen molar-refractivity contribution < 1.29 is 15.0 Å². The summed E-state index contributed by atoms with van der Waals surface area (Å²) < 4.78 is 0. The molecule has 0 amide bonds. The minimum Gasteiger partial charge on any atom is -0.478 e. The smallest absolute Gasteiger partial charge is 0.351 e. The van der Waals surface area contributed by atoms with Gasteiger partial charge in [-0.3, -0.25) is 0 Å². The summed E-state index contributed by atoms with van der Waals surface area (Å²) in [5, 5.41) is 20.0. The SMILES string of the molecule is C[C@@H](O)[C@H](NN=[N+]=[N-])C(=O)O. The lowest BCUT2D eigenvalue weighted by molar-refractivity contribution is -0.142. The maximum atomic E-state index is 10.2. The molecule has 0 aliphatic rings. The highest BCUT2D eigenvalue weighted by Gasteiger charge is 2.24. The minimum atomic E-state index is -1.27. The lowest BCUT2D eigenvalue weighted by Gasteiger charge is -2.09. The fourth-order valence-electron chi connectivity index (χ4n) is 0.457. The molecule has 3 N–H and O–H groups in total. The first kappa shape index (κ1) is 9.54. The van der Waals surface area contributed by atoms with Crippen LogP contribution in [0, 0.1) is 0 Å². The van der Waals surface area contributed by atoms with Gasteiger partial charge in [0.25, 0.3) is 0 Å². The third-order valence-electron chi connectivity index (χ3n) is 0.990. The molecule has 0 saturated carbocycles. The van der Waals surface area contributed by atoms with Crippen LogP contribution in [-0.4, -0.2) is 28.3 Å². The number of hydrogen-bond acceptors (Lipinski definition) is 3. The van der Waals surface area contributed by atoms with Crippen LogP contribution in [0.5, 0.6) is 0 Å². The van der Waals surface area contributed by atoms with Crippen LogP contribution in [0.1, 0.15) is 6.92 Å². The lowest BCUT2D eigenvalue weighted by Crippen LogP contribution is -2.41. The zero-order chi connectivity index (χ0) is 8.85. The Labute approximate surface area is 62.2 Å². The maximum Gasteiger partial charge on any atom is 0.351 e. The number of aliphatic carboxylic acids is 1. The molecule has 0 spiro atoms. The Hall–Kier alpha value is -1.46. The molecular formula is C4H8N4O3. The van der Waals surface area contributed by atoms with Crippen LogP contribution >= 0.6 is 0 Å². The number of hydrogen-bond donors (Lipinski definition) is 3. The standard InChI is InChI=1S/C4H8N4O3/c1-2(9)3(4(10)11)6-8-7-5/h2-3,6,9H,1H3,(H,10,11)/t2-,3+/m1/s1. The highest BCUT2D eigenvalue weighted by molar-refractivity contribution is 5.74. The molecule has 0 fully saturated rings. The van der Waals surface area contributed by atoms with Crippen LogP contribution in [0.15, 0.2) is 5.22 Å². The molecule has 7 heteroatoms. The quantitative estimate of drug-likeness (QED) is 0.225. The Balaban J connectivity index is 4.11. The summed E-state index contributed by atoms with van der Waals surface area (Å²) >= 11 is 0. The van der Waals surface area contributed by atoms with Gasteiger partial charge in [-0.2, -0.15) is 4.91 Å². The minimum absolute atomic E-state index is 1.11. The van der Waals surface area contributed by atoms with Crippen molar-refractivity contribution >= 4 is 5.97 Å². The highest BCUT2D eigenvalue weighted by Crippen LogP contribution is 1.92. The van der Waals surface area contributed by atoms with E-state index in [9.17, 15) is 4.79 Å². The van der Waals surface area contributed by atoms with Crippen molar-refractivity contribution in [3.63, 3.8) is 0 Å². The molecule has 2 atom stereocenters. The van der Waals surface area contributed by atoms with Gasteiger partial charge in [-0.25, -0.2) is 10.2 Å². The summed E-state index contributed by atoms with van der Waals surface area (Å²) in [6.07, 6.45) is -1.11. The second-order valence-corrected chi connectivity index (χ2v) is 1.88. The predicted octanol–water partition coefficient (Wildman–Crippen LogP) is -0.365. The molecule has 0 aromatic rings. The Bertz CT molecular complexity index is 186. The third kappa shape index (κ3) is 3.29. The van der Waals surface area contributed by atoms with Gasteiger partial charge in [0.2, 0.25) is 6.04 Å². The number of aliphatic hydroxyl groups excluding tert-OH is 1. The molecule has 7 nitrogen and oxygen atoms in total. The lowest BCUT2D eigenvalue weighted by atomic mass is 10.2. The van der Waals surface area contributed by atoms with Gasteiger partial charge in [0.15, 0.2) is 0 Å². The van der Waals surface area contributed by atoms with Crippen LogP contribution in [0.2, 0.25) is 0 Å². The van der Waals surface area contributed by atoms with Gasteiger partial charge in [-0.15, -0.1) is 5.53 Å². The largest absolute Gasteiger partial charge is 0.478 e. The zero-order valence-electron chi connectivity index (χ0n) is 5.80. The summed E-state index contributed by atoms with van der Waals surface area (Å²) in [7, 11) is 0. The first-order valence-corrected chi connectivity index (χ1v) is 2.80. The molecule has 0 aromatic carbocycles. The predicted molar refractivity (Wildman–Crippen MR) is 35.4 cm³/mol. The summed E-state index contributed by atoms with van der Waals surface area (Å²) in [4.78, 5) is 12.5. The van der Waals surface area contributed by atoms with Crippen molar-refractivity contribution in [2.45, 2.75) is 19.1 Å². The Morgan fingerprint density at radius 2 is 2.36 bits per heavy atom. The van der Waals surface area contributed by atoms with E-state index in [4.69, 9.17) is 15.7 Å². The second-order valence-electron chi connectivity index (χ2n) is 1.88. The molecule has 0 unspecified atom stereocenters. The molecule has 0 radical (unpaired) electrons. The van der Waals surface area contributed by atoms with Gasteiger partial charge in [0.05, 0.1) is 0 Å². The monoisotopic (exact) mass is 160 g/mol. The van der Waals surface area contributed by atoms with E-state index < -0.39 is 18.1 Å². The maximum absolute atomic E-state index is 10.2. The van der Waals surface area contributed by atoms with Crippen LogP contribution in [-0.2, 0) is 4.79 Å². The Morgan fingerprint density at radius 1 is 1.82 bits per heavy atom. The number of azide groups is 1. The van der Waals surface area contributed by atoms with Crippen LogP contribution in [0.4, 0.5) is 0 Å². The van der Waals surface area contributed by atoms with E-state index >= 15 is 0 Å². The van der Waals surface area contributed by atoms with E-state index in [0.717, 1.165) is 0 Å². The van der Waals surface area contributed by atoms with E-state index in [1.54, 1.807) is 0 Å². The Morgan fingerprint density at radius 3 is 2.64 bits per heavy atom. The number of carboxylic acids is 1. The highest BCUT2D eigenvalue weighted by atomic mass is 16.4. The van der Waals surface area contributed by atoms with Crippen molar-refractivity contribution in [1.82, 2.24) is 5.43 Å². The third-order valence-corrected chi connectivity index (χ3v) is 0.990. The molecule has 0 saturated heterocycles. The van der Waals surface area contributed by atoms with E-state index in [1.165, 1.54) is 6.92 Å². The normalized spacial score (nSPS) is 14.4. The molecule has 0 heterocycles. The summed E-state index contributed by atoms with van der Waals surface area (Å²) in [5.74, 6) is -1.27. The number of carbonyl (C=O) groups is 1. The average Bonchev–Trinajstić information content (AvgIpc) is 1.87. The van der Waals surface area contributed by atoms with E-state index in [2.05, 4.69) is 10.1 Å². The average molecular weight is 160 g/mol. The van der Waals surface area contributed by atoms with E-state index in [-0.39, 0.29) is 0 Å². The van der Waals surface area contributed by atoms with Crippen LogP contribution in [0.3, 0.4) is 0 Å². The number of nitrogens with zero attached hydrogens (tertiary/aromatic N) is 3. The van der Waals surface area contributed by atoms with Gasteiger partial charge in [-0.05, 0) is 12.1 Å². The molecule has 0 aliphatic heterocycles. The molecular weight excluding hydrogens is 152 g/mol. The molecule has 62 valence electrons. The van der Waals surface area contributed by atoms with Crippen LogP contribution < -0.4 is 5.43 Å². The van der Waals surface area contributed by atoms with Crippen LogP contribution in [0.25, 0.3) is 10.4 Å². The first-order chi connectivity index (χ1) is 5.09. The zero-order valence-corrected chi connectivity index (χ0v) is 5.80. The van der Waals surface area contributed by atoms with E-state index in [0.29, 0.717) is 0 Å². The van der Waals surface area contributed by atoms with Crippen molar-refractivity contribution in [1.29, 1.82) is 0 Å². The molecule has 11 heavy (non-hydrogen) atoms. The molecule has 0 rings (SSSR count). The molecule has 0 aromatic heterocycles. The van der Waals surface area contributed by atoms with Crippen molar-refractivity contribution in [3.8, 4) is 0 Å². The number of rotatable bonds is 4. The topological polar surface area (TPSA) is 118 Å².